The third-order valence-electron chi connectivity index (χ3n) is 5.29. The number of carbonyl (C=O) groups is 2. The number of nitrogen functional groups attached to an aromatic ring is 1. The molecule has 0 bridgehead atoms. The summed E-state index contributed by atoms with van der Waals surface area (Å²) in [7, 11) is 0. The Balaban J connectivity index is 1.41. The molecule has 0 spiro atoms. The molecule has 1 fully saturated rings. The summed E-state index contributed by atoms with van der Waals surface area (Å²) in [6.07, 6.45) is 7.11. The molecular weight excluding hydrogens is 406 g/mol. The summed E-state index contributed by atoms with van der Waals surface area (Å²) in [4.78, 5) is 39.8. The van der Waals surface area contributed by atoms with Crippen molar-refractivity contribution >= 4 is 23.3 Å². The molecule has 0 saturated carbocycles. The van der Waals surface area contributed by atoms with Gasteiger partial charge in [0.1, 0.15) is 0 Å². The van der Waals surface area contributed by atoms with Gasteiger partial charge in [0.2, 0.25) is 0 Å². The van der Waals surface area contributed by atoms with Crippen molar-refractivity contribution in [3.05, 3.63) is 66.2 Å². The minimum absolute atomic E-state index is 0.0232. The third-order valence-corrected chi connectivity index (χ3v) is 5.29. The van der Waals surface area contributed by atoms with Crippen LogP contribution in [0.3, 0.4) is 0 Å². The summed E-state index contributed by atoms with van der Waals surface area (Å²) in [6, 6.07) is 10.4. The van der Waals surface area contributed by atoms with Crippen molar-refractivity contribution in [2.24, 2.45) is 0 Å². The Bertz CT molecular complexity index is 1080. The van der Waals surface area contributed by atoms with E-state index in [2.05, 4.69) is 30.5 Å². The molecule has 0 unspecified atom stereocenters. The van der Waals surface area contributed by atoms with Gasteiger partial charge in [0.25, 0.3) is 11.8 Å². The van der Waals surface area contributed by atoms with Crippen LogP contribution in [-0.4, -0.2) is 57.8 Å². The molecule has 32 heavy (non-hydrogen) atoms. The minimum Gasteiger partial charge on any atom is -0.382 e. The van der Waals surface area contributed by atoms with E-state index in [-0.39, 0.29) is 17.4 Å². The highest BCUT2D eigenvalue weighted by Gasteiger charge is 2.16. The van der Waals surface area contributed by atoms with E-state index >= 15 is 0 Å². The van der Waals surface area contributed by atoms with E-state index in [1.807, 2.05) is 0 Å². The van der Waals surface area contributed by atoms with E-state index in [1.165, 1.54) is 25.2 Å². The standard InChI is InChI=1S/C23H25N7O2/c24-21-20(23(32)28-18-4-3-9-25-14-18)29-19(15-27-21)16-5-7-17(8-6-16)22(31)26-10-13-30-11-1-2-12-30/h3-9,14-15H,1-2,10-13H2,(H2,24,27)(H,26,31)(H,28,32). The van der Waals surface area contributed by atoms with Gasteiger partial charge < -0.3 is 21.3 Å². The van der Waals surface area contributed by atoms with Gasteiger partial charge in [0.15, 0.2) is 11.5 Å². The van der Waals surface area contributed by atoms with Crippen LogP contribution in [-0.2, 0) is 0 Å². The second-order valence-corrected chi connectivity index (χ2v) is 7.57. The Morgan fingerprint density at radius 2 is 1.81 bits per heavy atom. The lowest BCUT2D eigenvalue weighted by atomic mass is 10.1. The Labute approximate surface area is 186 Å². The maximum absolute atomic E-state index is 12.6. The minimum atomic E-state index is -0.473. The lowest BCUT2D eigenvalue weighted by Crippen LogP contribution is -2.33. The first-order valence-corrected chi connectivity index (χ1v) is 10.5. The molecule has 164 valence electrons. The van der Waals surface area contributed by atoms with Crippen LogP contribution in [0.15, 0.2) is 55.0 Å². The van der Waals surface area contributed by atoms with Crippen LogP contribution in [0.25, 0.3) is 11.3 Å². The van der Waals surface area contributed by atoms with Crippen LogP contribution in [0.2, 0.25) is 0 Å². The van der Waals surface area contributed by atoms with E-state index in [1.54, 1.807) is 42.6 Å². The summed E-state index contributed by atoms with van der Waals surface area (Å²) in [5.41, 5.74) is 8.20. The fourth-order valence-corrected chi connectivity index (χ4v) is 3.56. The van der Waals surface area contributed by atoms with E-state index in [0.29, 0.717) is 23.5 Å². The van der Waals surface area contributed by atoms with Gasteiger partial charge >= 0.3 is 0 Å². The number of nitrogens with two attached hydrogens (primary N) is 1. The Morgan fingerprint density at radius 3 is 2.53 bits per heavy atom. The predicted molar refractivity (Wildman–Crippen MR) is 122 cm³/mol. The van der Waals surface area contributed by atoms with Gasteiger partial charge in [-0.25, -0.2) is 9.97 Å². The molecule has 2 aromatic heterocycles. The molecule has 0 aliphatic carbocycles. The molecule has 0 radical (unpaired) electrons. The second-order valence-electron chi connectivity index (χ2n) is 7.57. The van der Waals surface area contributed by atoms with Gasteiger partial charge in [-0.15, -0.1) is 0 Å². The number of pyridine rings is 1. The van der Waals surface area contributed by atoms with Crippen molar-refractivity contribution < 1.29 is 9.59 Å². The van der Waals surface area contributed by atoms with Gasteiger partial charge in [0, 0.05) is 30.4 Å². The summed E-state index contributed by atoms with van der Waals surface area (Å²) >= 11 is 0. The summed E-state index contributed by atoms with van der Waals surface area (Å²) in [5, 5.41) is 5.66. The predicted octanol–water partition coefficient (Wildman–Crippen LogP) is 2.20. The molecule has 3 heterocycles. The molecule has 1 aromatic carbocycles. The molecular formula is C23H25N7O2. The molecule has 3 aromatic rings. The van der Waals surface area contributed by atoms with Crippen LogP contribution in [0, 0.1) is 0 Å². The van der Waals surface area contributed by atoms with Gasteiger partial charge in [-0.1, -0.05) is 12.1 Å². The molecule has 9 heteroatoms. The molecule has 1 aliphatic heterocycles. The lowest BCUT2D eigenvalue weighted by molar-refractivity contribution is 0.0949. The number of hydrogen-bond donors (Lipinski definition) is 3. The first kappa shape index (κ1) is 21.4. The highest BCUT2D eigenvalue weighted by molar-refractivity contribution is 6.05. The lowest BCUT2D eigenvalue weighted by Gasteiger charge is -2.14. The fraction of sp³-hybridized carbons (Fsp3) is 0.261. The van der Waals surface area contributed by atoms with Crippen molar-refractivity contribution in [2.75, 3.05) is 37.2 Å². The third kappa shape index (κ3) is 5.25. The molecule has 0 atom stereocenters. The average Bonchev–Trinajstić information content (AvgIpc) is 3.33. The van der Waals surface area contributed by atoms with E-state index in [9.17, 15) is 9.59 Å². The molecule has 4 rings (SSSR count). The molecule has 4 N–H and O–H groups in total. The van der Waals surface area contributed by atoms with Crippen LogP contribution in [0.4, 0.5) is 11.5 Å². The zero-order chi connectivity index (χ0) is 22.3. The van der Waals surface area contributed by atoms with Crippen LogP contribution in [0.1, 0.15) is 33.7 Å². The number of anilines is 2. The monoisotopic (exact) mass is 431 g/mol. The van der Waals surface area contributed by atoms with Crippen molar-refractivity contribution in [1.29, 1.82) is 0 Å². The largest absolute Gasteiger partial charge is 0.382 e. The zero-order valence-electron chi connectivity index (χ0n) is 17.6. The maximum Gasteiger partial charge on any atom is 0.278 e. The maximum atomic E-state index is 12.6. The highest BCUT2D eigenvalue weighted by Crippen LogP contribution is 2.20. The molecule has 1 saturated heterocycles. The SMILES string of the molecule is Nc1ncc(-c2ccc(C(=O)NCCN3CCCC3)cc2)nc1C(=O)Nc1cccnc1. The average molecular weight is 432 g/mol. The van der Waals surface area contributed by atoms with E-state index < -0.39 is 5.91 Å². The number of hydrogen-bond acceptors (Lipinski definition) is 7. The Kier molecular flexibility index (Phi) is 6.66. The number of rotatable bonds is 7. The van der Waals surface area contributed by atoms with Crippen LogP contribution in [0.5, 0.6) is 0 Å². The van der Waals surface area contributed by atoms with Crippen LogP contribution >= 0.6 is 0 Å². The Morgan fingerprint density at radius 1 is 1.03 bits per heavy atom. The number of amides is 2. The fourth-order valence-electron chi connectivity index (χ4n) is 3.56. The van der Waals surface area contributed by atoms with Crippen molar-refractivity contribution in [1.82, 2.24) is 25.2 Å². The Hall–Kier alpha value is -3.85. The van der Waals surface area contributed by atoms with Gasteiger partial charge in [-0.3, -0.25) is 14.6 Å². The van der Waals surface area contributed by atoms with E-state index in [0.717, 1.165) is 25.2 Å². The van der Waals surface area contributed by atoms with Crippen LogP contribution < -0.4 is 16.4 Å². The van der Waals surface area contributed by atoms with Gasteiger partial charge in [-0.2, -0.15) is 0 Å². The number of aromatic nitrogens is 3. The van der Waals surface area contributed by atoms with E-state index in [4.69, 9.17) is 5.73 Å². The number of likely N-dealkylation sites (tertiary alicyclic amines) is 1. The number of benzene rings is 1. The first-order chi connectivity index (χ1) is 15.6. The van der Waals surface area contributed by atoms with Crippen molar-refractivity contribution in [3.63, 3.8) is 0 Å². The smallest absolute Gasteiger partial charge is 0.278 e. The normalized spacial score (nSPS) is 13.6. The summed E-state index contributed by atoms with van der Waals surface area (Å²) < 4.78 is 0. The van der Waals surface area contributed by atoms with Crippen molar-refractivity contribution in [2.45, 2.75) is 12.8 Å². The van der Waals surface area contributed by atoms with Gasteiger partial charge in [0.05, 0.1) is 23.8 Å². The zero-order valence-corrected chi connectivity index (χ0v) is 17.6. The number of carbonyl (C=O) groups excluding carboxylic acids is 2. The summed E-state index contributed by atoms with van der Waals surface area (Å²) in [6.45, 7) is 3.71. The number of nitrogens with one attached hydrogen (secondary N) is 2. The van der Waals surface area contributed by atoms with Crippen molar-refractivity contribution in [3.8, 4) is 11.3 Å². The second kappa shape index (κ2) is 9.97. The molecule has 9 nitrogen and oxygen atoms in total. The first-order valence-electron chi connectivity index (χ1n) is 10.5. The van der Waals surface area contributed by atoms with Gasteiger partial charge in [-0.05, 0) is 50.2 Å². The summed E-state index contributed by atoms with van der Waals surface area (Å²) in [5.74, 6) is -0.557. The highest BCUT2D eigenvalue weighted by atomic mass is 16.2. The molecule has 2 amide bonds. The quantitative estimate of drug-likeness (QED) is 0.523. The molecule has 1 aliphatic rings. The number of nitrogens with zero attached hydrogens (tertiary/aromatic N) is 4. The topological polar surface area (TPSA) is 126 Å².